The number of aryl methyl sites for hydroxylation is 1. The zero-order valence-corrected chi connectivity index (χ0v) is 12.6. The number of carbonyl (C=O) groups is 1. The molecule has 5 heteroatoms. The van der Waals surface area contributed by atoms with E-state index in [0.717, 1.165) is 13.0 Å². The summed E-state index contributed by atoms with van der Waals surface area (Å²) in [7, 11) is 3.71. The lowest BCUT2D eigenvalue weighted by molar-refractivity contribution is 0.178. The molecule has 2 heterocycles. The number of amides is 2. The fourth-order valence-electron chi connectivity index (χ4n) is 3.03. The van der Waals surface area contributed by atoms with Gasteiger partial charge in [0, 0.05) is 50.9 Å². The summed E-state index contributed by atoms with van der Waals surface area (Å²) in [6, 6.07) is 6.30. The van der Waals surface area contributed by atoms with Crippen molar-refractivity contribution in [3.8, 4) is 0 Å². The molecule has 112 valence electrons. The van der Waals surface area contributed by atoms with Crippen molar-refractivity contribution in [3.63, 3.8) is 0 Å². The Bertz CT molecular complexity index is 663. The quantitative estimate of drug-likeness (QED) is 0.876. The minimum Gasteiger partial charge on any atom is -0.383 e. The smallest absolute Gasteiger partial charge is 0.317 e. The number of rotatable bonds is 3. The van der Waals surface area contributed by atoms with Crippen LogP contribution in [0.25, 0.3) is 10.9 Å². The predicted octanol–water partition coefficient (Wildman–Crippen LogP) is 1.89. The van der Waals surface area contributed by atoms with Crippen LogP contribution in [0.15, 0.2) is 24.4 Å². The Morgan fingerprint density at radius 1 is 1.38 bits per heavy atom. The molecule has 2 aromatic rings. The minimum atomic E-state index is -0.0152. The van der Waals surface area contributed by atoms with Crippen LogP contribution < -0.4 is 5.32 Å². The van der Waals surface area contributed by atoms with Crippen LogP contribution in [0.2, 0.25) is 0 Å². The normalized spacial score (nSPS) is 14.3. The highest BCUT2D eigenvalue weighted by Crippen LogP contribution is 2.28. The van der Waals surface area contributed by atoms with Gasteiger partial charge in [0.25, 0.3) is 0 Å². The van der Waals surface area contributed by atoms with Crippen molar-refractivity contribution in [3.05, 3.63) is 35.5 Å². The largest absolute Gasteiger partial charge is 0.383 e. The third-order valence-electron chi connectivity index (χ3n) is 4.06. The summed E-state index contributed by atoms with van der Waals surface area (Å²) in [5, 5.41) is 4.21. The van der Waals surface area contributed by atoms with Gasteiger partial charge >= 0.3 is 6.03 Å². The molecule has 0 fully saturated rings. The van der Waals surface area contributed by atoms with Crippen LogP contribution in [0.1, 0.15) is 11.1 Å². The number of ether oxygens (including phenoxy) is 1. The first-order chi connectivity index (χ1) is 10.2. The first-order valence-electron chi connectivity index (χ1n) is 7.28. The Balaban J connectivity index is 1.83. The zero-order valence-electron chi connectivity index (χ0n) is 12.6. The van der Waals surface area contributed by atoms with E-state index in [9.17, 15) is 4.79 Å². The number of urea groups is 1. The fraction of sp³-hybridized carbons (Fsp3) is 0.438. The van der Waals surface area contributed by atoms with Crippen LogP contribution in [-0.4, -0.2) is 42.3 Å². The van der Waals surface area contributed by atoms with E-state index >= 15 is 0 Å². The number of benzene rings is 1. The van der Waals surface area contributed by atoms with E-state index in [1.54, 1.807) is 7.11 Å². The van der Waals surface area contributed by atoms with Gasteiger partial charge in [-0.3, -0.25) is 0 Å². The highest BCUT2D eigenvalue weighted by Gasteiger charge is 2.21. The predicted molar refractivity (Wildman–Crippen MR) is 82.3 cm³/mol. The van der Waals surface area contributed by atoms with Crippen molar-refractivity contribution in [2.75, 3.05) is 26.8 Å². The second kappa shape index (κ2) is 5.77. The van der Waals surface area contributed by atoms with Crippen LogP contribution in [0.3, 0.4) is 0 Å². The molecular weight excluding hydrogens is 266 g/mol. The summed E-state index contributed by atoms with van der Waals surface area (Å²) in [6.45, 7) is 2.49. The Hall–Kier alpha value is -2.01. The lowest BCUT2D eigenvalue weighted by atomic mass is 10.1. The lowest BCUT2D eigenvalue weighted by Gasteiger charge is -2.21. The summed E-state index contributed by atoms with van der Waals surface area (Å²) in [6.07, 6.45) is 3.08. The molecule has 0 spiro atoms. The number of nitrogens with zero attached hydrogens (tertiary/aromatic N) is 2. The molecule has 1 aromatic carbocycles. The van der Waals surface area contributed by atoms with Crippen LogP contribution in [-0.2, 0) is 24.8 Å². The minimum absolute atomic E-state index is 0.0152. The molecule has 0 atom stereocenters. The van der Waals surface area contributed by atoms with E-state index in [0.29, 0.717) is 19.7 Å². The summed E-state index contributed by atoms with van der Waals surface area (Å²) in [4.78, 5) is 14.1. The molecule has 0 aliphatic carbocycles. The van der Waals surface area contributed by atoms with Crippen molar-refractivity contribution >= 4 is 16.9 Å². The van der Waals surface area contributed by atoms with E-state index < -0.39 is 0 Å². The molecule has 1 aliphatic heterocycles. The maximum Gasteiger partial charge on any atom is 0.317 e. The van der Waals surface area contributed by atoms with Crippen molar-refractivity contribution in [1.29, 1.82) is 0 Å². The summed E-state index contributed by atoms with van der Waals surface area (Å²) >= 11 is 0. The number of carbonyl (C=O) groups excluding carboxylic acids is 1. The van der Waals surface area contributed by atoms with Crippen LogP contribution in [0, 0.1) is 0 Å². The molecule has 1 aliphatic rings. The standard InChI is InChI=1S/C16H21N3O2/c1-18-10-13-6-8-19(16(20)17-7-9-21-2)11-12-4-3-5-14(18)15(12)13/h3-5,10H,6-9,11H2,1-2H3,(H,17,20). The Morgan fingerprint density at radius 2 is 2.24 bits per heavy atom. The van der Waals surface area contributed by atoms with Gasteiger partial charge in [-0.2, -0.15) is 0 Å². The van der Waals surface area contributed by atoms with Gasteiger partial charge in [0.05, 0.1) is 6.61 Å². The topological polar surface area (TPSA) is 46.5 Å². The average Bonchev–Trinajstić information content (AvgIpc) is 2.69. The highest BCUT2D eigenvalue weighted by atomic mass is 16.5. The molecule has 0 bridgehead atoms. The van der Waals surface area contributed by atoms with Crippen LogP contribution >= 0.6 is 0 Å². The average molecular weight is 287 g/mol. The van der Waals surface area contributed by atoms with E-state index in [1.165, 1.54) is 22.0 Å². The summed E-state index contributed by atoms with van der Waals surface area (Å²) < 4.78 is 7.14. The van der Waals surface area contributed by atoms with Gasteiger partial charge < -0.3 is 19.5 Å². The van der Waals surface area contributed by atoms with Crippen molar-refractivity contribution in [1.82, 2.24) is 14.8 Å². The first kappa shape index (κ1) is 13.9. The first-order valence-corrected chi connectivity index (χ1v) is 7.28. The Labute approximate surface area is 124 Å². The van der Waals surface area contributed by atoms with Gasteiger partial charge in [0.1, 0.15) is 0 Å². The van der Waals surface area contributed by atoms with Crippen LogP contribution in [0.5, 0.6) is 0 Å². The maximum absolute atomic E-state index is 12.2. The molecule has 2 amide bonds. The van der Waals surface area contributed by atoms with Crippen molar-refractivity contribution < 1.29 is 9.53 Å². The second-order valence-electron chi connectivity index (χ2n) is 5.47. The molecule has 21 heavy (non-hydrogen) atoms. The molecule has 1 aromatic heterocycles. The van der Waals surface area contributed by atoms with Gasteiger partial charge in [-0.25, -0.2) is 4.79 Å². The fourth-order valence-corrected chi connectivity index (χ4v) is 3.03. The lowest BCUT2D eigenvalue weighted by Crippen LogP contribution is -2.41. The number of hydrogen-bond acceptors (Lipinski definition) is 2. The second-order valence-corrected chi connectivity index (χ2v) is 5.47. The molecule has 0 saturated heterocycles. The third-order valence-corrected chi connectivity index (χ3v) is 4.06. The maximum atomic E-state index is 12.2. The molecule has 5 nitrogen and oxygen atoms in total. The zero-order chi connectivity index (χ0) is 14.8. The summed E-state index contributed by atoms with van der Waals surface area (Å²) in [5.41, 5.74) is 3.79. The number of hydrogen-bond donors (Lipinski definition) is 1. The van der Waals surface area contributed by atoms with E-state index in [4.69, 9.17) is 4.74 Å². The van der Waals surface area contributed by atoms with Gasteiger partial charge in [-0.05, 0) is 23.6 Å². The molecular formula is C16H21N3O2. The summed E-state index contributed by atoms with van der Waals surface area (Å²) in [5.74, 6) is 0. The van der Waals surface area contributed by atoms with Crippen molar-refractivity contribution in [2.45, 2.75) is 13.0 Å². The number of methoxy groups -OCH3 is 1. The van der Waals surface area contributed by atoms with E-state index in [-0.39, 0.29) is 6.03 Å². The highest BCUT2D eigenvalue weighted by molar-refractivity contribution is 5.88. The van der Waals surface area contributed by atoms with Gasteiger partial charge in [0.15, 0.2) is 0 Å². The van der Waals surface area contributed by atoms with Gasteiger partial charge in [0.2, 0.25) is 0 Å². The van der Waals surface area contributed by atoms with Crippen LogP contribution in [0.4, 0.5) is 4.79 Å². The van der Waals surface area contributed by atoms with Crippen molar-refractivity contribution in [2.24, 2.45) is 7.05 Å². The van der Waals surface area contributed by atoms with E-state index in [2.05, 4.69) is 41.3 Å². The molecule has 0 unspecified atom stereocenters. The van der Waals surface area contributed by atoms with E-state index in [1.807, 2.05) is 4.90 Å². The third kappa shape index (κ3) is 2.61. The number of aromatic nitrogens is 1. The molecule has 1 N–H and O–H groups in total. The molecule has 0 radical (unpaired) electrons. The van der Waals surface area contributed by atoms with Gasteiger partial charge in [-0.1, -0.05) is 12.1 Å². The Morgan fingerprint density at radius 3 is 3.05 bits per heavy atom. The molecule has 0 saturated carbocycles. The van der Waals surface area contributed by atoms with Gasteiger partial charge in [-0.15, -0.1) is 0 Å². The Kier molecular flexibility index (Phi) is 3.84. The SMILES string of the molecule is COCCNC(=O)N1CCc2cn(C)c3cccc(c23)C1. The number of nitrogens with one attached hydrogen (secondary N) is 1. The monoisotopic (exact) mass is 287 g/mol. The molecule has 3 rings (SSSR count).